The lowest BCUT2D eigenvalue weighted by atomic mass is 10.1. The third kappa shape index (κ3) is 5.18. The maximum absolute atomic E-state index is 14.0. The molecule has 4 aromatic rings. The van der Waals surface area contributed by atoms with Crippen molar-refractivity contribution in [3.8, 4) is 0 Å². The van der Waals surface area contributed by atoms with Gasteiger partial charge >= 0.3 is 0 Å². The highest BCUT2D eigenvalue weighted by atomic mass is 32.2. The van der Waals surface area contributed by atoms with E-state index in [1.165, 1.54) is 26.7 Å². The van der Waals surface area contributed by atoms with E-state index in [0.29, 0.717) is 23.3 Å². The number of ketones is 1. The van der Waals surface area contributed by atoms with Gasteiger partial charge in [0.2, 0.25) is 15.9 Å². The van der Waals surface area contributed by atoms with E-state index in [1.54, 1.807) is 31.2 Å². The van der Waals surface area contributed by atoms with Gasteiger partial charge in [0.15, 0.2) is 11.5 Å². The van der Waals surface area contributed by atoms with Gasteiger partial charge in [0.25, 0.3) is 5.91 Å². The molecule has 5 heterocycles. The van der Waals surface area contributed by atoms with Crippen molar-refractivity contribution < 1.29 is 27.2 Å². The van der Waals surface area contributed by atoms with Crippen molar-refractivity contribution in [3.63, 3.8) is 0 Å². The molecular weight excluding hydrogens is 564 g/mol. The Morgan fingerprint density at radius 3 is 2.68 bits per heavy atom. The first-order valence-corrected chi connectivity index (χ1v) is 15.8. The van der Waals surface area contributed by atoms with Crippen LogP contribution >= 0.6 is 11.3 Å². The fourth-order valence-electron chi connectivity index (χ4n) is 5.78. The normalized spacial score (nSPS) is 19.9. The first kappa shape index (κ1) is 27.3. The summed E-state index contributed by atoms with van der Waals surface area (Å²) in [5.74, 6) is -1.49. The molecule has 12 heteroatoms. The number of Topliss-reactive ketones (excluding diaryl/α,β-unsaturated/α-hetero) is 1. The number of aryl methyl sites for hydroxylation is 1. The van der Waals surface area contributed by atoms with Crippen molar-refractivity contribution >= 4 is 49.9 Å². The summed E-state index contributed by atoms with van der Waals surface area (Å²) in [5, 5.41) is 5.55. The zero-order valence-electron chi connectivity index (χ0n) is 22.2. The van der Waals surface area contributed by atoms with Crippen LogP contribution < -0.4 is 5.32 Å². The molecular formula is C29H28N4O6S2. The van der Waals surface area contributed by atoms with Crippen LogP contribution in [0.1, 0.15) is 33.1 Å². The molecule has 212 valence electrons. The molecule has 1 aromatic carbocycles. The van der Waals surface area contributed by atoms with Crippen molar-refractivity contribution in [2.45, 2.75) is 43.6 Å². The minimum atomic E-state index is -3.85. The highest BCUT2D eigenvalue weighted by molar-refractivity contribution is 7.88. The number of fused-ring (bicyclic) bond motifs is 2. The molecule has 3 unspecified atom stereocenters. The van der Waals surface area contributed by atoms with Gasteiger partial charge in [-0.2, -0.15) is 4.31 Å². The molecule has 0 saturated carbocycles. The number of para-hydroxylation sites is 1. The number of hydrogen-bond donors (Lipinski definition) is 1. The molecule has 0 aliphatic carbocycles. The second-order valence-corrected chi connectivity index (χ2v) is 13.2. The van der Waals surface area contributed by atoms with Crippen molar-refractivity contribution in [2.75, 3.05) is 13.1 Å². The second-order valence-electron chi connectivity index (χ2n) is 10.3. The maximum atomic E-state index is 14.0. The van der Waals surface area contributed by atoms with Crippen LogP contribution in [0.3, 0.4) is 0 Å². The minimum Gasteiger partial charge on any atom is -0.451 e. The van der Waals surface area contributed by atoms with Crippen LogP contribution in [0.25, 0.3) is 11.0 Å². The zero-order chi connectivity index (χ0) is 28.7. The summed E-state index contributed by atoms with van der Waals surface area (Å²) in [5.41, 5.74) is 1.62. The molecule has 1 N–H and O–H groups in total. The van der Waals surface area contributed by atoms with E-state index in [-0.39, 0.29) is 36.8 Å². The summed E-state index contributed by atoms with van der Waals surface area (Å²) in [6, 6.07) is 13.6. The van der Waals surface area contributed by atoms with Crippen LogP contribution in [0.5, 0.6) is 0 Å². The first-order valence-electron chi connectivity index (χ1n) is 13.3. The van der Waals surface area contributed by atoms with Gasteiger partial charge in [-0.15, -0.1) is 11.3 Å². The number of furan rings is 1. The molecule has 2 saturated heterocycles. The number of amides is 2. The Hall–Kier alpha value is -3.87. The van der Waals surface area contributed by atoms with E-state index in [4.69, 9.17) is 4.42 Å². The number of sulfonamides is 1. The molecule has 10 nitrogen and oxygen atoms in total. The Kier molecular flexibility index (Phi) is 7.22. The van der Waals surface area contributed by atoms with Gasteiger partial charge in [-0.3, -0.25) is 19.4 Å². The fraction of sp³-hybridized carbons (Fsp3) is 0.310. The van der Waals surface area contributed by atoms with Crippen molar-refractivity contribution in [1.82, 2.24) is 19.5 Å². The number of aromatic nitrogens is 1. The lowest BCUT2D eigenvalue weighted by molar-refractivity contribution is -0.138. The average molecular weight is 593 g/mol. The number of hydrogen-bond acceptors (Lipinski definition) is 8. The number of thiophene rings is 1. The lowest BCUT2D eigenvalue weighted by Crippen LogP contribution is -2.53. The Bertz CT molecular complexity index is 1720. The number of rotatable bonds is 8. The first-order chi connectivity index (χ1) is 19.7. The molecule has 0 radical (unpaired) electrons. The van der Waals surface area contributed by atoms with Crippen LogP contribution in [0, 0.1) is 6.92 Å². The second kappa shape index (κ2) is 10.8. The molecule has 2 fully saturated rings. The molecule has 2 aliphatic heterocycles. The number of carbonyl (C=O) groups is 3. The number of nitrogens with one attached hydrogen (secondary N) is 1. The van der Waals surface area contributed by atoms with Crippen molar-refractivity contribution in [2.24, 2.45) is 0 Å². The number of benzene rings is 1. The van der Waals surface area contributed by atoms with Crippen molar-refractivity contribution in [3.05, 3.63) is 88.1 Å². The van der Waals surface area contributed by atoms with Crippen LogP contribution in [0.2, 0.25) is 0 Å². The molecule has 0 spiro atoms. The summed E-state index contributed by atoms with van der Waals surface area (Å²) in [4.78, 5) is 47.0. The van der Waals surface area contributed by atoms with Crippen molar-refractivity contribution in [1.29, 1.82) is 0 Å². The predicted octanol–water partition coefficient (Wildman–Crippen LogP) is 2.92. The third-order valence-electron chi connectivity index (χ3n) is 7.71. The fourth-order valence-corrected chi connectivity index (χ4v) is 8.20. The highest BCUT2D eigenvalue weighted by Gasteiger charge is 2.54. The van der Waals surface area contributed by atoms with Gasteiger partial charge in [0, 0.05) is 35.0 Å². The summed E-state index contributed by atoms with van der Waals surface area (Å²) in [6.07, 6.45) is 2.07. The monoisotopic (exact) mass is 592 g/mol. The van der Waals surface area contributed by atoms with E-state index in [0.717, 1.165) is 10.3 Å². The largest absolute Gasteiger partial charge is 0.451 e. The van der Waals surface area contributed by atoms with Crippen LogP contribution in [-0.4, -0.2) is 71.4 Å². The maximum Gasteiger partial charge on any atom is 0.287 e. The Morgan fingerprint density at radius 2 is 1.95 bits per heavy atom. The molecule has 2 amide bonds. The molecule has 41 heavy (non-hydrogen) atoms. The van der Waals surface area contributed by atoms with Crippen LogP contribution in [-0.2, 0) is 31.8 Å². The quantitative estimate of drug-likeness (QED) is 0.333. The molecule has 2 aliphatic rings. The standard InChI is InChI=1S/C29H28N4O6S2/c1-18-21-9-2-3-10-25(21)39-27(18)28(35)31-22(15-20-8-6-14-40-20)29(36)32-13-11-23-26(32)24(34)16-33(23)41(37,38)17-19-7-4-5-12-30-19/h2-10,12,14,22-23,26H,11,13,15-17H2,1H3,(H,31,35). The SMILES string of the molecule is Cc1c(C(=O)NC(Cc2cccs2)C(=O)N2CCC3C2C(=O)CN3S(=O)(=O)Cc2ccccn2)oc2ccccc12. The summed E-state index contributed by atoms with van der Waals surface area (Å²) in [6.45, 7) is 1.70. The predicted molar refractivity (Wildman–Crippen MR) is 153 cm³/mol. The molecule has 0 bridgehead atoms. The van der Waals surface area contributed by atoms with E-state index >= 15 is 0 Å². The van der Waals surface area contributed by atoms with Crippen LogP contribution in [0.4, 0.5) is 0 Å². The van der Waals surface area contributed by atoms with Gasteiger partial charge in [-0.1, -0.05) is 30.3 Å². The van der Waals surface area contributed by atoms with E-state index < -0.39 is 40.0 Å². The smallest absolute Gasteiger partial charge is 0.287 e. The Balaban J connectivity index is 1.24. The lowest BCUT2D eigenvalue weighted by Gasteiger charge is -2.28. The van der Waals surface area contributed by atoms with Gasteiger partial charge in [-0.05, 0) is 43.0 Å². The number of pyridine rings is 1. The Morgan fingerprint density at radius 1 is 1.15 bits per heavy atom. The summed E-state index contributed by atoms with van der Waals surface area (Å²) >= 11 is 1.46. The summed E-state index contributed by atoms with van der Waals surface area (Å²) in [7, 11) is -3.85. The Labute approximate surface area is 241 Å². The van der Waals surface area contributed by atoms with Gasteiger partial charge in [0.1, 0.15) is 23.4 Å². The van der Waals surface area contributed by atoms with Gasteiger partial charge < -0.3 is 14.6 Å². The van der Waals surface area contributed by atoms with E-state index in [2.05, 4.69) is 10.3 Å². The summed E-state index contributed by atoms with van der Waals surface area (Å²) < 4.78 is 33.6. The molecule has 3 atom stereocenters. The number of nitrogens with zero attached hydrogens (tertiary/aromatic N) is 3. The molecule has 3 aromatic heterocycles. The van der Waals surface area contributed by atoms with E-state index in [1.807, 2.05) is 35.7 Å². The van der Waals surface area contributed by atoms with Gasteiger partial charge in [0.05, 0.1) is 18.3 Å². The van der Waals surface area contributed by atoms with E-state index in [9.17, 15) is 22.8 Å². The van der Waals surface area contributed by atoms with Crippen LogP contribution in [0.15, 0.2) is 70.6 Å². The number of likely N-dealkylation sites (tertiary alicyclic amines) is 1. The topological polar surface area (TPSA) is 130 Å². The number of carbonyl (C=O) groups excluding carboxylic acids is 3. The van der Waals surface area contributed by atoms with Gasteiger partial charge in [-0.25, -0.2) is 8.42 Å². The molecule has 6 rings (SSSR count). The zero-order valence-corrected chi connectivity index (χ0v) is 23.9. The average Bonchev–Trinajstić information content (AvgIpc) is 3.75. The third-order valence-corrected chi connectivity index (χ3v) is 10.4. The minimum absolute atomic E-state index is 0.123. The highest BCUT2D eigenvalue weighted by Crippen LogP contribution is 2.33.